The molecular weight excluding hydrogens is 336 g/mol. The van der Waals surface area contributed by atoms with Gasteiger partial charge in [-0.2, -0.15) is 0 Å². The largest absolute Gasteiger partial charge is 0.456 e. The number of ketones is 1. The Morgan fingerprint density at radius 2 is 1.81 bits per heavy atom. The molecule has 0 aromatic heterocycles. The van der Waals surface area contributed by atoms with Gasteiger partial charge < -0.3 is 10.1 Å². The molecule has 1 aromatic carbocycles. The second-order valence-corrected chi connectivity index (χ2v) is 5.58. The number of hydrogen-bond donors (Lipinski definition) is 2. The highest BCUT2D eigenvalue weighted by atomic mass is 16.5. The van der Waals surface area contributed by atoms with Gasteiger partial charge >= 0.3 is 12.0 Å². The smallest absolute Gasteiger partial charge is 0.321 e. The number of urea groups is 1. The highest BCUT2D eigenvalue weighted by Gasteiger charge is 2.13. The second kappa shape index (κ2) is 11.6. The zero-order valence-corrected chi connectivity index (χ0v) is 14.9. The van der Waals surface area contributed by atoms with Crippen LogP contribution in [0.2, 0.25) is 0 Å². The molecule has 7 nitrogen and oxygen atoms in total. The number of benzene rings is 1. The van der Waals surface area contributed by atoms with Gasteiger partial charge in [0, 0.05) is 18.5 Å². The van der Waals surface area contributed by atoms with Crippen molar-refractivity contribution in [1.82, 2.24) is 10.6 Å². The van der Waals surface area contributed by atoms with Crippen LogP contribution in [0.3, 0.4) is 0 Å². The van der Waals surface area contributed by atoms with Gasteiger partial charge in [0.1, 0.15) is 0 Å². The number of Topliss-reactive ketones (excluding diaryl/α,β-unsaturated/α-hetero) is 1. The van der Waals surface area contributed by atoms with Crippen LogP contribution in [-0.4, -0.2) is 36.8 Å². The van der Waals surface area contributed by atoms with Gasteiger partial charge in [-0.1, -0.05) is 43.7 Å². The number of hydrogen-bond acceptors (Lipinski definition) is 5. The summed E-state index contributed by atoms with van der Waals surface area (Å²) in [5.74, 6) is -1.60. The van der Waals surface area contributed by atoms with Crippen LogP contribution in [0.25, 0.3) is 0 Å². The van der Waals surface area contributed by atoms with Crippen molar-refractivity contribution in [2.75, 3.05) is 13.2 Å². The Kier molecular flexibility index (Phi) is 9.38. The average molecular weight is 360 g/mol. The lowest BCUT2D eigenvalue weighted by molar-refractivity contribution is -0.148. The molecule has 1 aromatic rings. The molecule has 0 aliphatic rings. The summed E-state index contributed by atoms with van der Waals surface area (Å²) in [5.41, 5.74) is 1.70. The Morgan fingerprint density at radius 1 is 1.12 bits per heavy atom. The quantitative estimate of drug-likeness (QED) is 0.378. The number of rotatable bonds is 10. The van der Waals surface area contributed by atoms with E-state index in [0.717, 1.165) is 18.4 Å². The number of esters is 1. The number of carbonyl (C=O) groups is 4. The van der Waals surface area contributed by atoms with Crippen LogP contribution in [0.4, 0.5) is 4.79 Å². The van der Waals surface area contributed by atoms with Gasteiger partial charge in [-0.3, -0.25) is 19.7 Å². The molecule has 0 aliphatic heterocycles. The molecule has 7 heteroatoms. The van der Waals surface area contributed by atoms with Crippen LogP contribution in [0.1, 0.15) is 42.1 Å². The van der Waals surface area contributed by atoms with E-state index < -0.39 is 24.5 Å². The first-order chi connectivity index (χ1) is 12.5. The Morgan fingerprint density at radius 3 is 2.42 bits per heavy atom. The van der Waals surface area contributed by atoms with E-state index in [9.17, 15) is 19.2 Å². The van der Waals surface area contributed by atoms with Crippen LogP contribution in [-0.2, 0) is 20.7 Å². The maximum absolute atomic E-state index is 12.1. The van der Waals surface area contributed by atoms with Gasteiger partial charge in [-0.25, -0.2) is 4.79 Å². The third-order valence-corrected chi connectivity index (χ3v) is 3.39. The molecule has 0 unspecified atom stereocenters. The molecule has 0 radical (unpaired) electrons. The normalized spacial score (nSPS) is 9.88. The fraction of sp³-hybridized carbons (Fsp3) is 0.368. The molecular formula is C19H24N2O5. The number of imide groups is 1. The lowest BCUT2D eigenvalue weighted by Gasteiger charge is -2.06. The lowest BCUT2D eigenvalue weighted by atomic mass is 10.0. The van der Waals surface area contributed by atoms with E-state index in [1.807, 2.05) is 17.4 Å². The second-order valence-electron chi connectivity index (χ2n) is 5.58. The van der Waals surface area contributed by atoms with Crippen molar-refractivity contribution in [3.8, 4) is 0 Å². The minimum absolute atomic E-state index is 0.00655. The van der Waals surface area contributed by atoms with Crippen molar-refractivity contribution >= 4 is 23.7 Å². The summed E-state index contributed by atoms with van der Waals surface area (Å²) in [5, 5.41) is 4.34. The third kappa shape index (κ3) is 8.23. The molecule has 0 fully saturated rings. The summed E-state index contributed by atoms with van der Waals surface area (Å²) < 4.78 is 4.74. The molecule has 0 atom stereocenters. The van der Waals surface area contributed by atoms with Crippen molar-refractivity contribution < 1.29 is 23.9 Å². The molecule has 1 rings (SSSR count). The molecule has 3 amide bonds. The van der Waals surface area contributed by atoms with E-state index >= 15 is 0 Å². The summed E-state index contributed by atoms with van der Waals surface area (Å²) in [6.45, 7) is 5.12. The molecule has 2 N–H and O–H groups in total. The van der Waals surface area contributed by atoms with Crippen molar-refractivity contribution in [2.24, 2.45) is 0 Å². The zero-order valence-electron chi connectivity index (χ0n) is 14.9. The molecule has 0 saturated carbocycles. The number of carbonyl (C=O) groups excluding carboxylic acids is 4. The Bertz CT molecular complexity index is 652. The first-order valence-corrected chi connectivity index (χ1v) is 8.42. The maximum atomic E-state index is 12.1. The van der Waals surface area contributed by atoms with Crippen LogP contribution in [0.15, 0.2) is 36.9 Å². The molecule has 0 spiro atoms. The van der Waals surface area contributed by atoms with E-state index in [4.69, 9.17) is 4.74 Å². The van der Waals surface area contributed by atoms with Crippen LogP contribution in [0.5, 0.6) is 0 Å². The fourth-order valence-electron chi connectivity index (χ4n) is 2.10. The highest BCUT2D eigenvalue weighted by molar-refractivity contribution is 5.98. The van der Waals surface area contributed by atoms with Gasteiger partial charge in [0.15, 0.2) is 12.4 Å². The summed E-state index contributed by atoms with van der Waals surface area (Å²) in [6, 6.07) is 6.59. The summed E-state index contributed by atoms with van der Waals surface area (Å²) >= 11 is 0. The summed E-state index contributed by atoms with van der Waals surface area (Å²) in [7, 11) is 0. The maximum Gasteiger partial charge on any atom is 0.321 e. The number of amides is 3. The minimum atomic E-state index is -0.752. The van der Waals surface area contributed by atoms with E-state index in [-0.39, 0.29) is 25.2 Å². The van der Waals surface area contributed by atoms with E-state index in [0.29, 0.717) is 5.56 Å². The predicted molar refractivity (Wildman–Crippen MR) is 96.7 cm³/mol. The van der Waals surface area contributed by atoms with Crippen LogP contribution >= 0.6 is 0 Å². The van der Waals surface area contributed by atoms with Gasteiger partial charge in [-0.15, -0.1) is 6.58 Å². The molecule has 0 aliphatic carbocycles. The first kappa shape index (κ1) is 21.1. The van der Waals surface area contributed by atoms with Crippen LogP contribution < -0.4 is 10.6 Å². The van der Waals surface area contributed by atoms with Crippen LogP contribution in [0, 0.1) is 0 Å². The number of nitrogens with one attached hydrogen (secondary N) is 2. The van der Waals surface area contributed by atoms with Crippen molar-refractivity contribution in [3.63, 3.8) is 0 Å². The van der Waals surface area contributed by atoms with Gasteiger partial charge in [0.2, 0.25) is 0 Å². The molecule has 0 heterocycles. The standard InChI is InChI=1S/C19H24N2O5/c1-3-5-14-6-8-15(9-7-14)16(22)10-11-18(24)26-13-17(23)21-19(25)20-12-4-2/h4,6-9H,2-3,5,10-13H2,1H3,(H2,20,21,23,25). The predicted octanol–water partition coefficient (Wildman–Crippen LogP) is 2.16. The molecule has 140 valence electrons. The van der Waals surface area contributed by atoms with Crippen molar-refractivity contribution in [2.45, 2.75) is 32.6 Å². The minimum Gasteiger partial charge on any atom is -0.456 e. The third-order valence-electron chi connectivity index (χ3n) is 3.39. The summed E-state index contributed by atoms with van der Waals surface area (Å²) in [6.07, 6.45) is 3.30. The van der Waals surface area contributed by atoms with Crippen molar-refractivity contribution in [3.05, 3.63) is 48.0 Å². The van der Waals surface area contributed by atoms with E-state index in [2.05, 4.69) is 18.8 Å². The van der Waals surface area contributed by atoms with Gasteiger partial charge in [0.05, 0.1) is 6.42 Å². The monoisotopic (exact) mass is 360 g/mol. The topological polar surface area (TPSA) is 102 Å². The Balaban J connectivity index is 2.30. The molecule has 26 heavy (non-hydrogen) atoms. The van der Waals surface area contributed by atoms with Gasteiger partial charge in [0.25, 0.3) is 5.91 Å². The first-order valence-electron chi connectivity index (χ1n) is 8.42. The Labute approximate surface area is 152 Å². The highest BCUT2D eigenvalue weighted by Crippen LogP contribution is 2.10. The number of ether oxygens (including phenoxy) is 1. The summed E-state index contributed by atoms with van der Waals surface area (Å²) in [4.78, 5) is 46.3. The average Bonchev–Trinajstić information content (AvgIpc) is 2.63. The number of aryl methyl sites for hydroxylation is 1. The zero-order chi connectivity index (χ0) is 19.4. The van der Waals surface area contributed by atoms with Gasteiger partial charge in [-0.05, 0) is 12.0 Å². The molecule has 0 saturated heterocycles. The Hall–Kier alpha value is -2.96. The van der Waals surface area contributed by atoms with Crippen molar-refractivity contribution in [1.29, 1.82) is 0 Å². The van der Waals surface area contributed by atoms with E-state index in [1.54, 1.807) is 12.1 Å². The fourth-order valence-corrected chi connectivity index (χ4v) is 2.10. The SMILES string of the molecule is C=CCNC(=O)NC(=O)COC(=O)CCC(=O)c1ccc(CCC)cc1. The lowest BCUT2D eigenvalue weighted by Crippen LogP contribution is -2.41. The molecule has 0 bridgehead atoms. The van der Waals surface area contributed by atoms with E-state index in [1.165, 1.54) is 6.08 Å².